The molecule has 2 aromatic heterocycles. The molecule has 2 amide bonds. The lowest BCUT2D eigenvalue weighted by Gasteiger charge is -2.33. The lowest BCUT2D eigenvalue weighted by Crippen LogP contribution is -2.43. The number of ether oxygens (including phenoxy) is 1. The summed E-state index contributed by atoms with van der Waals surface area (Å²) in [4.78, 5) is 35.5. The Morgan fingerprint density at radius 2 is 1.97 bits per heavy atom. The molecule has 1 fully saturated rings. The minimum absolute atomic E-state index is 0.0942. The van der Waals surface area contributed by atoms with Gasteiger partial charge in [-0.15, -0.1) is 0 Å². The maximum Gasteiger partial charge on any atom is 0.269 e. The third-order valence-corrected chi connectivity index (χ3v) is 5.97. The molecule has 1 N–H and O–H groups in total. The van der Waals surface area contributed by atoms with E-state index in [9.17, 15) is 9.59 Å². The second kappa shape index (κ2) is 9.92. The number of aryl methyl sites for hydroxylation is 2. The van der Waals surface area contributed by atoms with Crippen LogP contribution in [-0.2, 0) is 16.0 Å². The number of hydrogen-bond acceptors (Lipinski definition) is 5. The second-order valence-corrected chi connectivity index (χ2v) is 8.25. The van der Waals surface area contributed by atoms with Gasteiger partial charge in [0.15, 0.2) is 0 Å². The van der Waals surface area contributed by atoms with Crippen molar-refractivity contribution in [3.05, 3.63) is 82.8 Å². The molecule has 7 nitrogen and oxygen atoms in total. The van der Waals surface area contributed by atoms with Crippen LogP contribution in [0.25, 0.3) is 11.3 Å². The van der Waals surface area contributed by atoms with Crippen molar-refractivity contribution >= 4 is 11.8 Å². The second-order valence-electron chi connectivity index (χ2n) is 8.25. The number of nitrogens with one attached hydrogen (secondary N) is 1. The summed E-state index contributed by atoms with van der Waals surface area (Å²) in [6, 6.07) is 15.4. The van der Waals surface area contributed by atoms with Crippen LogP contribution >= 0.6 is 0 Å². The third-order valence-electron chi connectivity index (χ3n) is 5.97. The fraction of sp³-hybridized carbons (Fsp3) is 0.308. The highest BCUT2D eigenvalue weighted by molar-refractivity contribution is 5.92. The minimum Gasteiger partial charge on any atom is -0.368 e. The number of amides is 2. The lowest BCUT2D eigenvalue weighted by atomic mass is 10.0. The van der Waals surface area contributed by atoms with Gasteiger partial charge in [-0.2, -0.15) is 0 Å². The van der Waals surface area contributed by atoms with Gasteiger partial charge in [-0.1, -0.05) is 24.3 Å². The zero-order valence-corrected chi connectivity index (χ0v) is 19.2. The zero-order valence-electron chi connectivity index (χ0n) is 19.2. The number of rotatable bonds is 5. The van der Waals surface area contributed by atoms with Gasteiger partial charge in [0.2, 0.25) is 5.91 Å². The molecule has 3 aromatic rings. The first-order chi connectivity index (χ1) is 15.9. The molecule has 0 spiro atoms. The molecule has 0 saturated carbocycles. The highest BCUT2D eigenvalue weighted by atomic mass is 16.5. The van der Waals surface area contributed by atoms with Crippen molar-refractivity contribution in [2.45, 2.75) is 26.4 Å². The van der Waals surface area contributed by atoms with E-state index >= 15 is 0 Å². The molecule has 0 radical (unpaired) electrons. The van der Waals surface area contributed by atoms with Crippen molar-refractivity contribution in [1.82, 2.24) is 20.2 Å². The Bertz CT molecular complexity index is 1160. The number of nitrogens with zero attached hydrogens (tertiary/aromatic N) is 3. The van der Waals surface area contributed by atoms with E-state index in [1.165, 1.54) is 11.1 Å². The Morgan fingerprint density at radius 3 is 2.70 bits per heavy atom. The number of carbonyl (C=O) groups is 2. The van der Waals surface area contributed by atoms with Crippen molar-refractivity contribution in [2.24, 2.45) is 0 Å². The molecule has 4 rings (SSSR count). The lowest BCUT2D eigenvalue weighted by molar-refractivity contribution is -0.138. The number of morpholine rings is 1. The molecule has 1 aromatic carbocycles. The summed E-state index contributed by atoms with van der Waals surface area (Å²) in [5, 5.41) is 2.56. The SMILES string of the molecule is CNC(=O)c1ccc(-c2cccc([C@H]3CN(C(=O)Cc4ccc(C)c(C)c4)CCO3)n2)cn1. The van der Waals surface area contributed by atoms with Gasteiger partial charge in [-0.05, 0) is 54.8 Å². The quantitative estimate of drug-likeness (QED) is 0.653. The Balaban J connectivity index is 1.46. The van der Waals surface area contributed by atoms with Crippen molar-refractivity contribution in [2.75, 3.05) is 26.7 Å². The van der Waals surface area contributed by atoms with E-state index in [4.69, 9.17) is 9.72 Å². The topological polar surface area (TPSA) is 84.4 Å². The normalized spacial score (nSPS) is 15.8. The van der Waals surface area contributed by atoms with Crippen molar-refractivity contribution in [3.63, 3.8) is 0 Å². The zero-order chi connectivity index (χ0) is 23.4. The van der Waals surface area contributed by atoms with Crippen LogP contribution in [0.2, 0.25) is 0 Å². The van der Waals surface area contributed by atoms with E-state index < -0.39 is 0 Å². The average molecular weight is 445 g/mol. The molecule has 170 valence electrons. The van der Waals surface area contributed by atoms with Gasteiger partial charge in [0.05, 0.1) is 31.0 Å². The molecule has 0 bridgehead atoms. The Labute approximate surface area is 193 Å². The Morgan fingerprint density at radius 1 is 1.12 bits per heavy atom. The number of benzene rings is 1. The van der Waals surface area contributed by atoms with Crippen LogP contribution in [0.4, 0.5) is 0 Å². The predicted octanol–water partition coefficient (Wildman–Crippen LogP) is 3.26. The van der Waals surface area contributed by atoms with Crippen LogP contribution < -0.4 is 5.32 Å². The molecular formula is C26H28N4O3. The van der Waals surface area contributed by atoms with E-state index in [1.54, 1.807) is 19.3 Å². The summed E-state index contributed by atoms with van der Waals surface area (Å²) in [7, 11) is 1.57. The number of aromatic nitrogens is 2. The first kappa shape index (κ1) is 22.6. The molecule has 0 aliphatic carbocycles. The van der Waals surface area contributed by atoms with Gasteiger partial charge in [0.1, 0.15) is 11.8 Å². The van der Waals surface area contributed by atoms with Gasteiger partial charge in [-0.3, -0.25) is 14.6 Å². The molecular weight excluding hydrogens is 416 g/mol. The van der Waals surface area contributed by atoms with Gasteiger partial charge < -0.3 is 15.0 Å². The molecule has 1 saturated heterocycles. The van der Waals surface area contributed by atoms with Crippen LogP contribution in [0.3, 0.4) is 0 Å². The molecule has 33 heavy (non-hydrogen) atoms. The van der Waals surface area contributed by atoms with Crippen molar-refractivity contribution < 1.29 is 14.3 Å². The largest absolute Gasteiger partial charge is 0.368 e. The predicted molar refractivity (Wildman–Crippen MR) is 126 cm³/mol. The van der Waals surface area contributed by atoms with E-state index in [1.807, 2.05) is 35.2 Å². The fourth-order valence-corrected chi connectivity index (χ4v) is 3.85. The highest BCUT2D eigenvalue weighted by Crippen LogP contribution is 2.24. The maximum absolute atomic E-state index is 12.9. The van der Waals surface area contributed by atoms with E-state index in [2.05, 4.69) is 36.3 Å². The summed E-state index contributed by atoms with van der Waals surface area (Å²) < 4.78 is 5.96. The number of pyridine rings is 2. The highest BCUT2D eigenvalue weighted by Gasteiger charge is 2.26. The minimum atomic E-state index is -0.291. The van der Waals surface area contributed by atoms with Crippen LogP contribution in [0.5, 0.6) is 0 Å². The standard InChI is InChI=1S/C26H28N4O3/c1-17-7-8-19(13-18(17)2)14-25(31)30-11-12-33-24(16-30)22-6-4-5-21(29-22)20-9-10-23(28-15-20)26(32)27-3/h4-10,13,15,24H,11-12,14,16H2,1-3H3,(H,27,32)/t24-/m1/s1. The van der Waals surface area contributed by atoms with Gasteiger partial charge in [-0.25, -0.2) is 4.98 Å². The van der Waals surface area contributed by atoms with Crippen LogP contribution in [0.1, 0.15) is 39.0 Å². The third kappa shape index (κ3) is 5.26. The Hall–Kier alpha value is -3.58. The maximum atomic E-state index is 12.9. The van der Waals surface area contributed by atoms with Crippen LogP contribution in [-0.4, -0.2) is 53.4 Å². The summed E-state index contributed by atoms with van der Waals surface area (Å²) >= 11 is 0. The van der Waals surface area contributed by atoms with E-state index in [0.717, 1.165) is 22.5 Å². The molecule has 0 unspecified atom stereocenters. The molecule has 1 aliphatic rings. The fourth-order valence-electron chi connectivity index (χ4n) is 3.85. The first-order valence-electron chi connectivity index (χ1n) is 11.1. The van der Waals surface area contributed by atoms with Crippen LogP contribution in [0, 0.1) is 13.8 Å². The average Bonchev–Trinajstić information content (AvgIpc) is 2.86. The van der Waals surface area contributed by atoms with E-state index in [-0.39, 0.29) is 17.9 Å². The first-order valence-corrected chi connectivity index (χ1v) is 11.1. The summed E-state index contributed by atoms with van der Waals surface area (Å²) in [6.07, 6.45) is 1.73. The van der Waals surface area contributed by atoms with Crippen LogP contribution in [0.15, 0.2) is 54.7 Å². The summed E-state index contributed by atoms with van der Waals surface area (Å²) in [5.41, 5.74) is 6.12. The van der Waals surface area contributed by atoms with Gasteiger partial charge in [0.25, 0.3) is 5.91 Å². The summed E-state index contributed by atoms with van der Waals surface area (Å²) in [6.45, 7) is 5.64. The van der Waals surface area contributed by atoms with Crippen molar-refractivity contribution in [3.8, 4) is 11.3 Å². The molecule has 1 atom stereocenters. The molecule has 1 aliphatic heterocycles. The molecule has 7 heteroatoms. The molecule has 3 heterocycles. The summed E-state index contributed by atoms with van der Waals surface area (Å²) in [5.74, 6) is -0.138. The number of hydrogen-bond donors (Lipinski definition) is 1. The monoisotopic (exact) mass is 444 g/mol. The Kier molecular flexibility index (Phi) is 6.79. The van der Waals surface area contributed by atoms with Gasteiger partial charge in [0, 0.05) is 25.4 Å². The number of carbonyl (C=O) groups excluding carboxylic acids is 2. The van der Waals surface area contributed by atoms with Crippen molar-refractivity contribution in [1.29, 1.82) is 0 Å². The van der Waals surface area contributed by atoms with Gasteiger partial charge >= 0.3 is 0 Å². The van der Waals surface area contributed by atoms with E-state index in [0.29, 0.717) is 31.8 Å². The smallest absolute Gasteiger partial charge is 0.269 e.